The van der Waals surface area contributed by atoms with Crippen molar-refractivity contribution in [2.45, 2.75) is 12.8 Å². The van der Waals surface area contributed by atoms with Crippen LogP contribution in [0, 0.1) is 5.82 Å². The maximum atomic E-state index is 12.9. The highest BCUT2D eigenvalue weighted by molar-refractivity contribution is 9.10. The molecular formula is C12H10BrFO2. The molecule has 0 aliphatic carbocycles. The van der Waals surface area contributed by atoms with Crippen LogP contribution in [0.1, 0.15) is 23.2 Å². The Morgan fingerprint density at radius 2 is 2.25 bits per heavy atom. The van der Waals surface area contributed by atoms with E-state index in [2.05, 4.69) is 15.9 Å². The number of hydrogen-bond acceptors (Lipinski definition) is 2. The minimum atomic E-state index is -0.373. The average molecular weight is 285 g/mol. The molecule has 2 nitrogen and oxygen atoms in total. The van der Waals surface area contributed by atoms with E-state index in [-0.39, 0.29) is 11.6 Å². The summed E-state index contributed by atoms with van der Waals surface area (Å²) in [6.07, 6.45) is 3.56. The van der Waals surface area contributed by atoms with Gasteiger partial charge in [0.25, 0.3) is 0 Å². The predicted octanol–water partition coefficient (Wildman–Crippen LogP) is 3.47. The van der Waals surface area contributed by atoms with Gasteiger partial charge in [-0.05, 0) is 53.0 Å². The average Bonchev–Trinajstić information content (AvgIpc) is 2.29. The molecule has 2 rings (SSSR count). The van der Waals surface area contributed by atoms with E-state index in [1.165, 1.54) is 18.2 Å². The quantitative estimate of drug-likeness (QED) is 0.778. The molecule has 1 aliphatic rings. The van der Waals surface area contributed by atoms with Gasteiger partial charge in [-0.2, -0.15) is 0 Å². The number of carbonyl (C=O) groups excluding carboxylic acids is 1. The Bertz CT molecular complexity index is 454. The third-order valence-electron chi connectivity index (χ3n) is 2.34. The second-order valence-corrected chi connectivity index (χ2v) is 4.37. The van der Waals surface area contributed by atoms with Crippen molar-refractivity contribution in [1.29, 1.82) is 0 Å². The summed E-state index contributed by atoms with van der Waals surface area (Å²) in [5, 5.41) is 0. The minimum absolute atomic E-state index is 0.202. The number of carbonyl (C=O) groups is 1. The lowest BCUT2D eigenvalue weighted by molar-refractivity contribution is 0.0898. The molecule has 0 saturated carbocycles. The standard InChI is InChI=1S/C12H10BrFO2/c13-10-7-8(14)4-5-9(10)12(15)11-3-1-2-6-16-11/h3-5,7H,1-2,6H2. The van der Waals surface area contributed by atoms with Crippen LogP contribution in [0.4, 0.5) is 4.39 Å². The first kappa shape index (κ1) is 11.3. The molecule has 0 radical (unpaired) electrons. The number of hydrogen-bond donors (Lipinski definition) is 0. The summed E-state index contributed by atoms with van der Waals surface area (Å²) in [6, 6.07) is 4.00. The summed E-state index contributed by atoms with van der Waals surface area (Å²) in [7, 11) is 0. The summed E-state index contributed by atoms with van der Waals surface area (Å²) >= 11 is 3.17. The van der Waals surface area contributed by atoms with Gasteiger partial charge in [0.2, 0.25) is 5.78 Å². The molecule has 1 aromatic rings. The van der Waals surface area contributed by atoms with Gasteiger partial charge >= 0.3 is 0 Å². The maximum absolute atomic E-state index is 12.9. The number of Topliss-reactive ketones (excluding diaryl/α,β-unsaturated/α-hetero) is 1. The number of halogens is 2. The first-order chi connectivity index (χ1) is 7.68. The lowest BCUT2D eigenvalue weighted by atomic mass is 10.1. The van der Waals surface area contributed by atoms with Crippen LogP contribution in [0.5, 0.6) is 0 Å². The molecule has 0 N–H and O–H groups in total. The van der Waals surface area contributed by atoms with Crippen LogP contribution in [-0.4, -0.2) is 12.4 Å². The van der Waals surface area contributed by atoms with Crippen LogP contribution < -0.4 is 0 Å². The van der Waals surface area contributed by atoms with Gasteiger partial charge in [0.1, 0.15) is 5.82 Å². The molecule has 1 aromatic carbocycles. The monoisotopic (exact) mass is 284 g/mol. The van der Waals surface area contributed by atoms with Crippen LogP contribution in [0.15, 0.2) is 34.5 Å². The SMILES string of the molecule is O=C(C1=CCCCO1)c1ccc(F)cc1Br. The molecule has 4 heteroatoms. The summed E-state index contributed by atoms with van der Waals surface area (Å²) in [5.74, 6) is -0.216. The van der Waals surface area contributed by atoms with Gasteiger partial charge in [-0.25, -0.2) is 4.39 Å². The van der Waals surface area contributed by atoms with Crippen molar-refractivity contribution in [3.05, 3.63) is 45.9 Å². The zero-order valence-corrected chi connectivity index (χ0v) is 10.1. The molecule has 1 aliphatic heterocycles. The zero-order valence-electron chi connectivity index (χ0n) is 8.50. The highest BCUT2D eigenvalue weighted by Gasteiger charge is 2.18. The summed E-state index contributed by atoms with van der Waals surface area (Å²) in [6.45, 7) is 0.566. The van der Waals surface area contributed by atoms with Crippen molar-refractivity contribution >= 4 is 21.7 Å². The molecule has 0 spiro atoms. The molecule has 0 bridgehead atoms. The first-order valence-electron chi connectivity index (χ1n) is 5.01. The molecule has 0 atom stereocenters. The third kappa shape index (κ3) is 2.32. The van der Waals surface area contributed by atoms with Gasteiger partial charge < -0.3 is 4.74 Å². The smallest absolute Gasteiger partial charge is 0.228 e. The molecule has 1 heterocycles. The Morgan fingerprint density at radius 3 is 2.88 bits per heavy atom. The maximum Gasteiger partial charge on any atom is 0.228 e. The highest BCUT2D eigenvalue weighted by Crippen LogP contribution is 2.23. The van der Waals surface area contributed by atoms with Gasteiger partial charge in [-0.15, -0.1) is 0 Å². The number of benzene rings is 1. The Balaban J connectivity index is 2.30. The fourth-order valence-electron chi connectivity index (χ4n) is 1.52. The van der Waals surface area contributed by atoms with Crippen molar-refractivity contribution in [1.82, 2.24) is 0 Å². The van der Waals surface area contributed by atoms with Gasteiger partial charge in [0.05, 0.1) is 6.61 Å². The van der Waals surface area contributed by atoms with Crippen molar-refractivity contribution in [2.75, 3.05) is 6.61 Å². The van der Waals surface area contributed by atoms with Crippen molar-refractivity contribution in [3.63, 3.8) is 0 Å². The highest BCUT2D eigenvalue weighted by atomic mass is 79.9. The van der Waals surface area contributed by atoms with E-state index >= 15 is 0 Å². The predicted molar refractivity (Wildman–Crippen MR) is 61.7 cm³/mol. The summed E-state index contributed by atoms with van der Waals surface area (Å²) in [5.41, 5.74) is 0.426. The minimum Gasteiger partial charge on any atom is -0.490 e. The fourth-order valence-corrected chi connectivity index (χ4v) is 2.05. The number of ketones is 1. The molecule has 0 fully saturated rings. The Labute approximate surface area is 101 Å². The number of ether oxygens (including phenoxy) is 1. The summed E-state index contributed by atoms with van der Waals surface area (Å²) in [4.78, 5) is 12.0. The van der Waals surface area contributed by atoms with Crippen LogP contribution in [0.3, 0.4) is 0 Å². The largest absolute Gasteiger partial charge is 0.490 e. The van der Waals surface area contributed by atoms with E-state index in [0.717, 1.165) is 12.8 Å². The van der Waals surface area contributed by atoms with Gasteiger partial charge in [-0.3, -0.25) is 4.79 Å². The Morgan fingerprint density at radius 1 is 1.44 bits per heavy atom. The molecule has 84 valence electrons. The van der Waals surface area contributed by atoms with Crippen LogP contribution in [-0.2, 0) is 4.74 Å². The topological polar surface area (TPSA) is 26.3 Å². The molecular weight excluding hydrogens is 275 g/mol. The third-order valence-corrected chi connectivity index (χ3v) is 2.99. The number of allylic oxidation sites excluding steroid dienone is 2. The van der Waals surface area contributed by atoms with Crippen molar-refractivity contribution in [2.24, 2.45) is 0 Å². The Kier molecular flexibility index (Phi) is 3.39. The van der Waals surface area contributed by atoms with Gasteiger partial charge in [0, 0.05) is 10.0 Å². The van der Waals surface area contributed by atoms with Gasteiger partial charge in [-0.1, -0.05) is 0 Å². The Hall–Kier alpha value is -1.16. The van der Waals surface area contributed by atoms with E-state index < -0.39 is 0 Å². The molecule has 0 aromatic heterocycles. The molecule has 0 saturated heterocycles. The van der Waals surface area contributed by atoms with E-state index in [1.54, 1.807) is 6.08 Å². The first-order valence-corrected chi connectivity index (χ1v) is 5.80. The second-order valence-electron chi connectivity index (χ2n) is 3.51. The van der Waals surface area contributed by atoms with E-state index in [1.807, 2.05) is 0 Å². The van der Waals surface area contributed by atoms with E-state index in [9.17, 15) is 9.18 Å². The normalized spacial score (nSPS) is 15.2. The fraction of sp³-hybridized carbons (Fsp3) is 0.250. The van der Waals surface area contributed by atoms with Crippen molar-refractivity contribution in [3.8, 4) is 0 Å². The molecule has 0 amide bonds. The lowest BCUT2D eigenvalue weighted by Crippen LogP contribution is -2.11. The van der Waals surface area contributed by atoms with Gasteiger partial charge in [0.15, 0.2) is 5.76 Å². The van der Waals surface area contributed by atoms with E-state index in [4.69, 9.17) is 4.74 Å². The van der Waals surface area contributed by atoms with E-state index in [0.29, 0.717) is 22.4 Å². The molecule has 16 heavy (non-hydrogen) atoms. The molecule has 0 unspecified atom stereocenters. The lowest BCUT2D eigenvalue weighted by Gasteiger charge is -2.14. The zero-order chi connectivity index (χ0) is 11.5. The van der Waals surface area contributed by atoms with Crippen LogP contribution in [0.2, 0.25) is 0 Å². The summed E-state index contributed by atoms with van der Waals surface area (Å²) < 4.78 is 18.6. The second kappa shape index (κ2) is 4.78. The number of rotatable bonds is 2. The van der Waals surface area contributed by atoms with Crippen LogP contribution in [0.25, 0.3) is 0 Å². The van der Waals surface area contributed by atoms with Crippen molar-refractivity contribution < 1.29 is 13.9 Å². The van der Waals surface area contributed by atoms with Crippen LogP contribution >= 0.6 is 15.9 Å².